The number of nitrogens with zero attached hydrogens (tertiary/aromatic N) is 1. The maximum absolute atomic E-state index is 12.3. The van der Waals surface area contributed by atoms with Gasteiger partial charge in [0, 0.05) is 0 Å². The number of rotatable bonds is 5. The molecule has 110 valence electrons. The number of aromatic nitrogens is 1. The molecule has 21 heavy (non-hydrogen) atoms. The second-order valence-corrected chi connectivity index (χ2v) is 3.68. The number of carboxylic acid groups (broad SMARTS) is 2. The van der Waals surface area contributed by atoms with E-state index in [4.69, 9.17) is 14.6 Å². The smallest absolute Gasteiger partial charge is 0.387 e. The first-order chi connectivity index (χ1) is 9.90. The van der Waals surface area contributed by atoms with Gasteiger partial charge >= 0.3 is 18.6 Å². The predicted octanol–water partition coefficient (Wildman–Crippen LogP) is 2.34. The van der Waals surface area contributed by atoms with Crippen LogP contribution in [-0.4, -0.2) is 33.7 Å². The summed E-state index contributed by atoms with van der Waals surface area (Å²) < 4.78 is 33.7. The summed E-state index contributed by atoms with van der Waals surface area (Å²) in [6, 6.07) is 5.31. The summed E-state index contributed by atoms with van der Waals surface area (Å²) in [4.78, 5) is 25.3. The molecule has 0 saturated carbocycles. The molecule has 1 aromatic carbocycles. The lowest BCUT2D eigenvalue weighted by molar-refractivity contribution is -0.0495. The van der Waals surface area contributed by atoms with Crippen LogP contribution >= 0.6 is 0 Å². The van der Waals surface area contributed by atoms with Crippen molar-refractivity contribution in [3.8, 4) is 17.2 Å². The Morgan fingerprint density at radius 2 is 1.86 bits per heavy atom. The molecule has 0 amide bonds. The Hall–Kier alpha value is -2.97. The van der Waals surface area contributed by atoms with Gasteiger partial charge in [-0.2, -0.15) is 8.78 Å². The number of benzene rings is 1. The van der Waals surface area contributed by atoms with Crippen molar-refractivity contribution >= 4 is 11.9 Å². The van der Waals surface area contributed by atoms with Gasteiger partial charge in [0.05, 0.1) is 5.56 Å². The van der Waals surface area contributed by atoms with Crippen molar-refractivity contribution in [1.29, 1.82) is 0 Å². The Labute approximate surface area is 115 Å². The normalized spacial score (nSPS) is 10.6. The van der Waals surface area contributed by atoms with Gasteiger partial charge < -0.3 is 19.4 Å². The van der Waals surface area contributed by atoms with E-state index in [2.05, 4.69) is 9.72 Å². The number of halogens is 2. The van der Waals surface area contributed by atoms with Crippen LogP contribution in [0.3, 0.4) is 0 Å². The number of carboxylic acids is 2. The number of hydrogen-bond acceptors (Lipinski definition) is 5. The molecule has 2 aromatic rings. The zero-order valence-corrected chi connectivity index (χ0v) is 10.1. The van der Waals surface area contributed by atoms with Crippen molar-refractivity contribution in [2.24, 2.45) is 0 Å². The fraction of sp³-hybridized carbons (Fsp3) is 0.0833. The van der Waals surface area contributed by atoms with Crippen LogP contribution in [0.1, 0.15) is 21.0 Å². The number of carbonyl (C=O) groups is 2. The van der Waals surface area contributed by atoms with Gasteiger partial charge in [0.1, 0.15) is 5.75 Å². The van der Waals surface area contributed by atoms with Gasteiger partial charge in [-0.25, -0.2) is 14.6 Å². The van der Waals surface area contributed by atoms with E-state index in [-0.39, 0.29) is 11.3 Å². The quantitative estimate of drug-likeness (QED) is 0.871. The third-order valence-corrected chi connectivity index (χ3v) is 2.36. The Balaban J connectivity index is 2.55. The van der Waals surface area contributed by atoms with Gasteiger partial charge in [-0.05, 0) is 12.1 Å². The lowest BCUT2D eigenvalue weighted by Gasteiger charge is -2.07. The molecule has 7 nitrogen and oxygen atoms in total. The first kappa shape index (κ1) is 14.4. The van der Waals surface area contributed by atoms with E-state index in [1.165, 1.54) is 24.3 Å². The third kappa shape index (κ3) is 2.96. The molecule has 0 spiro atoms. The molecule has 0 saturated heterocycles. The minimum Gasteiger partial charge on any atom is -0.476 e. The number of oxazole rings is 1. The SMILES string of the molecule is O=C(O)c1nc(-c2ccccc2OC(F)F)oc1C(=O)O. The molecule has 1 heterocycles. The first-order valence-electron chi connectivity index (χ1n) is 5.41. The van der Waals surface area contributed by atoms with Crippen LogP contribution in [0.4, 0.5) is 8.78 Å². The van der Waals surface area contributed by atoms with E-state index in [9.17, 15) is 18.4 Å². The van der Waals surface area contributed by atoms with Crippen molar-refractivity contribution in [2.45, 2.75) is 6.61 Å². The van der Waals surface area contributed by atoms with Crippen molar-refractivity contribution in [1.82, 2.24) is 4.98 Å². The molecule has 0 aliphatic carbocycles. The third-order valence-electron chi connectivity index (χ3n) is 2.36. The van der Waals surface area contributed by atoms with Crippen molar-refractivity contribution in [3.63, 3.8) is 0 Å². The molecule has 1 aromatic heterocycles. The Kier molecular flexibility index (Phi) is 3.83. The molecule has 0 unspecified atom stereocenters. The van der Waals surface area contributed by atoms with Gasteiger partial charge in [0.2, 0.25) is 17.3 Å². The molecule has 0 aliphatic rings. The van der Waals surface area contributed by atoms with E-state index < -0.39 is 35.9 Å². The summed E-state index contributed by atoms with van der Waals surface area (Å²) in [5.41, 5.74) is -0.919. The highest BCUT2D eigenvalue weighted by molar-refractivity contribution is 5.98. The van der Waals surface area contributed by atoms with Crippen LogP contribution in [0, 0.1) is 0 Å². The minimum absolute atomic E-state index is 0.0900. The average molecular weight is 299 g/mol. The fourth-order valence-corrected chi connectivity index (χ4v) is 1.57. The molecule has 0 fully saturated rings. The molecule has 0 aliphatic heterocycles. The fourth-order valence-electron chi connectivity index (χ4n) is 1.57. The lowest BCUT2D eigenvalue weighted by atomic mass is 10.2. The zero-order chi connectivity index (χ0) is 15.6. The molecule has 0 bridgehead atoms. The van der Waals surface area contributed by atoms with Gasteiger partial charge in [-0.15, -0.1) is 0 Å². The summed E-state index contributed by atoms with van der Waals surface area (Å²) in [5.74, 6) is -4.92. The maximum Gasteiger partial charge on any atom is 0.387 e. The molecule has 9 heteroatoms. The average Bonchev–Trinajstić information content (AvgIpc) is 2.84. The highest BCUT2D eigenvalue weighted by atomic mass is 19.3. The highest BCUT2D eigenvalue weighted by Gasteiger charge is 2.26. The molecular formula is C12H7F2NO6. The Morgan fingerprint density at radius 1 is 1.19 bits per heavy atom. The number of alkyl halides is 2. The van der Waals surface area contributed by atoms with Gasteiger partial charge in [-0.3, -0.25) is 0 Å². The van der Waals surface area contributed by atoms with Crippen molar-refractivity contribution in [2.75, 3.05) is 0 Å². The number of ether oxygens (including phenoxy) is 1. The van der Waals surface area contributed by atoms with E-state index in [0.717, 1.165) is 0 Å². The number of para-hydroxylation sites is 1. The van der Waals surface area contributed by atoms with Crippen LogP contribution in [0.2, 0.25) is 0 Å². The lowest BCUT2D eigenvalue weighted by Crippen LogP contribution is -2.05. The highest BCUT2D eigenvalue weighted by Crippen LogP contribution is 2.31. The molecular weight excluding hydrogens is 292 g/mol. The molecule has 0 radical (unpaired) electrons. The summed E-state index contributed by atoms with van der Waals surface area (Å²) in [7, 11) is 0. The van der Waals surface area contributed by atoms with Crippen LogP contribution in [0.25, 0.3) is 11.5 Å². The molecule has 2 rings (SSSR count). The topological polar surface area (TPSA) is 110 Å². The van der Waals surface area contributed by atoms with E-state index >= 15 is 0 Å². The van der Waals surface area contributed by atoms with Crippen LogP contribution in [0.15, 0.2) is 28.7 Å². The number of aromatic carboxylic acids is 2. The zero-order valence-electron chi connectivity index (χ0n) is 10.1. The van der Waals surface area contributed by atoms with Crippen LogP contribution in [-0.2, 0) is 0 Å². The van der Waals surface area contributed by atoms with E-state index in [1.54, 1.807) is 0 Å². The maximum atomic E-state index is 12.3. The van der Waals surface area contributed by atoms with Gasteiger partial charge in [0.25, 0.3) is 0 Å². The van der Waals surface area contributed by atoms with Crippen molar-refractivity contribution < 1.29 is 37.7 Å². The van der Waals surface area contributed by atoms with Crippen molar-refractivity contribution in [3.05, 3.63) is 35.7 Å². The molecule has 2 N–H and O–H groups in total. The summed E-state index contributed by atoms with van der Waals surface area (Å²) >= 11 is 0. The second-order valence-electron chi connectivity index (χ2n) is 3.68. The first-order valence-corrected chi connectivity index (χ1v) is 5.41. The second kappa shape index (κ2) is 5.57. The van der Waals surface area contributed by atoms with E-state index in [1.807, 2.05) is 0 Å². The Morgan fingerprint density at radius 3 is 2.38 bits per heavy atom. The van der Waals surface area contributed by atoms with Crippen LogP contribution < -0.4 is 4.74 Å². The van der Waals surface area contributed by atoms with E-state index in [0.29, 0.717) is 0 Å². The Bertz CT molecular complexity index is 665. The summed E-state index contributed by atoms with van der Waals surface area (Å²) in [5, 5.41) is 17.7. The number of hydrogen-bond donors (Lipinski definition) is 2. The largest absolute Gasteiger partial charge is 0.476 e. The minimum atomic E-state index is -3.11. The van der Waals surface area contributed by atoms with Crippen LogP contribution in [0.5, 0.6) is 5.75 Å². The van der Waals surface area contributed by atoms with Gasteiger partial charge in [-0.1, -0.05) is 12.1 Å². The monoisotopic (exact) mass is 299 g/mol. The summed E-state index contributed by atoms with van der Waals surface area (Å²) in [6.07, 6.45) is 0. The molecule has 0 atom stereocenters. The predicted molar refractivity (Wildman–Crippen MR) is 62.5 cm³/mol. The standard InChI is InChI=1S/C12H7F2NO6/c13-12(14)20-6-4-2-1-3-5(6)9-15-7(10(16)17)8(21-9)11(18)19/h1-4,12H,(H,16,17)(H,18,19). The van der Waals surface area contributed by atoms with Gasteiger partial charge in [0.15, 0.2) is 0 Å². The summed E-state index contributed by atoms with van der Waals surface area (Å²) in [6.45, 7) is -3.11.